The number of aliphatic imine (C=N–C) groups is 1. The van der Waals surface area contributed by atoms with Crippen LogP contribution < -0.4 is 15.4 Å². The number of hydrogen-bond donors (Lipinski definition) is 2. The van der Waals surface area contributed by atoms with Crippen molar-refractivity contribution < 1.29 is 9.15 Å². The van der Waals surface area contributed by atoms with Crippen molar-refractivity contribution in [2.45, 2.75) is 19.9 Å². The number of benzene rings is 1. The van der Waals surface area contributed by atoms with E-state index in [9.17, 15) is 0 Å². The molecular formula is C19H25N3O2. The van der Waals surface area contributed by atoms with Gasteiger partial charge >= 0.3 is 0 Å². The maximum Gasteiger partial charge on any atom is 0.191 e. The van der Waals surface area contributed by atoms with Gasteiger partial charge < -0.3 is 19.8 Å². The van der Waals surface area contributed by atoms with Crippen LogP contribution in [0, 0.1) is 6.92 Å². The minimum Gasteiger partial charge on any atom is -0.496 e. The first kappa shape index (κ1) is 17.7. The van der Waals surface area contributed by atoms with Crippen LogP contribution in [0.5, 0.6) is 5.75 Å². The Hall–Kier alpha value is -2.69. The Morgan fingerprint density at radius 1 is 1.33 bits per heavy atom. The molecule has 0 aliphatic heterocycles. The van der Waals surface area contributed by atoms with Crippen molar-refractivity contribution in [3.63, 3.8) is 0 Å². The average molecular weight is 327 g/mol. The molecule has 2 aromatic rings. The summed E-state index contributed by atoms with van der Waals surface area (Å²) in [6.07, 6.45) is 4.29. The summed E-state index contributed by atoms with van der Waals surface area (Å²) >= 11 is 0. The summed E-state index contributed by atoms with van der Waals surface area (Å²) in [4.78, 5) is 4.62. The maximum atomic E-state index is 5.43. The summed E-state index contributed by atoms with van der Waals surface area (Å²) in [5, 5.41) is 6.52. The minimum absolute atomic E-state index is 0.538. The molecule has 1 heterocycles. The van der Waals surface area contributed by atoms with E-state index in [0.717, 1.165) is 36.0 Å². The highest BCUT2D eigenvalue weighted by molar-refractivity contribution is 5.80. The van der Waals surface area contributed by atoms with E-state index in [0.29, 0.717) is 13.1 Å². The van der Waals surface area contributed by atoms with Gasteiger partial charge in [-0.15, -0.1) is 6.58 Å². The third-order valence-corrected chi connectivity index (χ3v) is 3.51. The fourth-order valence-corrected chi connectivity index (χ4v) is 2.25. The molecular weight excluding hydrogens is 302 g/mol. The van der Waals surface area contributed by atoms with Gasteiger partial charge in [-0.2, -0.15) is 0 Å². The molecule has 0 unspecified atom stereocenters. The predicted molar refractivity (Wildman–Crippen MR) is 97.5 cm³/mol. The molecule has 0 aliphatic rings. The first-order chi connectivity index (χ1) is 11.7. The van der Waals surface area contributed by atoms with Gasteiger partial charge in [-0.25, -0.2) is 4.99 Å². The van der Waals surface area contributed by atoms with Crippen LogP contribution in [0.3, 0.4) is 0 Å². The van der Waals surface area contributed by atoms with E-state index < -0.39 is 0 Å². The minimum atomic E-state index is 0.538. The fourth-order valence-electron chi connectivity index (χ4n) is 2.25. The van der Waals surface area contributed by atoms with Crippen LogP contribution in [0.15, 0.2) is 58.7 Å². The molecule has 2 N–H and O–H groups in total. The molecule has 128 valence electrons. The molecule has 5 nitrogen and oxygen atoms in total. The molecule has 24 heavy (non-hydrogen) atoms. The van der Waals surface area contributed by atoms with Crippen LogP contribution in [0.4, 0.5) is 0 Å². The summed E-state index contributed by atoms with van der Waals surface area (Å²) in [7, 11) is 1.68. The van der Waals surface area contributed by atoms with E-state index in [1.165, 1.54) is 5.56 Å². The third-order valence-electron chi connectivity index (χ3n) is 3.51. The number of nitrogens with one attached hydrogen (secondary N) is 2. The first-order valence-electron chi connectivity index (χ1n) is 8.02. The normalized spacial score (nSPS) is 11.2. The summed E-state index contributed by atoms with van der Waals surface area (Å²) in [5.74, 6) is 2.55. The molecule has 0 saturated carbocycles. The lowest BCUT2D eigenvalue weighted by molar-refractivity contribution is 0.409. The second-order valence-corrected chi connectivity index (χ2v) is 5.41. The monoisotopic (exact) mass is 327 g/mol. The zero-order valence-electron chi connectivity index (χ0n) is 14.3. The SMILES string of the molecule is C=CCNC(=NCc1ccc(C)cc1OC)NCCc1ccco1. The smallest absolute Gasteiger partial charge is 0.191 e. The van der Waals surface area contributed by atoms with Crippen LogP contribution in [0.1, 0.15) is 16.9 Å². The Balaban J connectivity index is 1.97. The zero-order chi connectivity index (χ0) is 17.2. The standard InChI is InChI=1S/C19H25N3O2/c1-4-10-20-19(21-11-9-17-6-5-12-24-17)22-14-16-8-7-15(2)13-18(16)23-3/h4-8,12-13H,1,9-11,14H2,2-3H3,(H2,20,21,22). The number of hydrogen-bond acceptors (Lipinski definition) is 3. The lowest BCUT2D eigenvalue weighted by atomic mass is 10.1. The van der Waals surface area contributed by atoms with Gasteiger partial charge in [-0.3, -0.25) is 0 Å². The number of guanidine groups is 1. The van der Waals surface area contributed by atoms with Crippen molar-refractivity contribution in [1.29, 1.82) is 0 Å². The molecule has 0 amide bonds. The van der Waals surface area contributed by atoms with Crippen molar-refractivity contribution in [3.05, 3.63) is 66.1 Å². The highest BCUT2D eigenvalue weighted by Gasteiger charge is 2.04. The zero-order valence-corrected chi connectivity index (χ0v) is 14.3. The quantitative estimate of drug-likeness (QED) is 0.444. The van der Waals surface area contributed by atoms with E-state index in [1.54, 1.807) is 19.4 Å². The van der Waals surface area contributed by atoms with Crippen LogP contribution in [0.2, 0.25) is 0 Å². The topological polar surface area (TPSA) is 58.8 Å². The van der Waals surface area contributed by atoms with Crippen molar-refractivity contribution in [2.24, 2.45) is 4.99 Å². The number of furan rings is 1. The number of aryl methyl sites for hydroxylation is 1. The molecule has 1 aromatic carbocycles. The van der Waals surface area contributed by atoms with Crippen LogP contribution >= 0.6 is 0 Å². The van der Waals surface area contributed by atoms with E-state index in [2.05, 4.69) is 28.3 Å². The molecule has 0 spiro atoms. The van der Waals surface area contributed by atoms with Crippen molar-refractivity contribution in [2.75, 3.05) is 20.2 Å². The Morgan fingerprint density at radius 2 is 2.21 bits per heavy atom. The van der Waals surface area contributed by atoms with Crippen molar-refractivity contribution in [3.8, 4) is 5.75 Å². The van der Waals surface area contributed by atoms with Gasteiger partial charge in [0.2, 0.25) is 0 Å². The maximum absolute atomic E-state index is 5.43. The highest BCUT2D eigenvalue weighted by Crippen LogP contribution is 2.20. The number of rotatable bonds is 8. The lowest BCUT2D eigenvalue weighted by Crippen LogP contribution is -2.38. The van der Waals surface area contributed by atoms with Gasteiger partial charge in [0.15, 0.2) is 5.96 Å². The molecule has 0 saturated heterocycles. The number of methoxy groups -OCH3 is 1. The highest BCUT2D eigenvalue weighted by atomic mass is 16.5. The number of nitrogens with zero attached hydrogens (tertiary/aromatic N) is 1. The van der Waals surface area contributed by atoms with E-state index in [4.69, 9.17) is 9.15 Å². The van der Waals surface area contributed by atoms with Gasteiger partial charge in [-0.05, 0) is 30.7 Å². The van der Waals surface area contributed by atoms with Gasteiger partial charge in [0.1, 0.15) is 11.5 Å². The fraction of sp³-hybridized carbons (Fsp3) is 0.316. The second kappa shape index (κ2) is 9.45. The van der Waals surface area contributed by atoms with Crippen LogP contribution in [-0.4, -0.2) is 26.2 Å². The van der Waals surface area contributed by atoms with E-state index >= 15 is 0 Å². The third kappa shape index (κ3) is 5.50. The number of ether oxygens (including phenoxy) is 1. The molecule has 0 bridgehead atoms. The Morgan fingerprint density at radius 3 is 2.92 bits per heavy atom. The second-order valence-electron chi connectivity index (χ2n) is 5.41. The summed E-state index contributed by atoms with van der Waals surface area (Å²) in [5.41, 5.74) is 2.22. The van der Waals surface area contributed by atoms with E-state index in [-0.39, 0.29) is 0 Å². The van der Waals surface area contributed by atoms with Crippen molar-refractivity contribution in [1.82, 2.24) is 10.6 Å². The predicted octanol–water partition coefficient (Wildman–Crippen LogP) is 3.06. The lowest BCUT2D eigenvalue weighted by Gasteiger charge is -2.12. The first-order valence-corrected chi connectivity index (χ1v) is 8.02. The Labute approximate surface area is 143 Å². The van der Waals surface area contributed by atoms with Gasteiger partial charge in [0.05, 0.1) is 19.9 Å². The molecule has 5 heteroatoms. The Kier molecular flexibility index (Phi) is 6.95. The molecule has 2 rings (SSSR count). The molecule has 0 atom stereocenters. The van der Waals surface area contributed by atoms with Crippen LogP contribution in [-0.2, 0) is 13.0 Å². The van der Waals surface area contributed by atoms with Gasteiger partial charge in [-0.1, -0.05) is 18.2 Å². The summed E-state index contributed by atoms with van der Waals surface area (Å²) in [6, 6.07) is 9.99. The summed E-state index contributed by atoms with van der Waals surface area (Å²) < 4.78 is 10.8. The summed E-state index contributed by atoms with van der Waals surface area (Å²) in [6.45, 7) is 7.70. The Bertz CT molecular complexity index is 663. The molecule has 0 radical (unpaired) electrons. The van der Waals surface area contributed by atoms with Gasteiger partial charge in [0.25, 0.3) is 0 Å². The molecule has 1 aromatic heterocycles. The molecule has 0 aliphatic carbocycles. The van der Waals surface area contributed by atoms with Crippen LogP contribution in [0.25, 0.3) is 0 Å². The molecule has 0 fully saturated rings. The van der Waals surface area contributed by atoms with Gasteiger partial charge in [0, 0.05) is 25.1 Å². The largest absolute Gasteiger partial charge is 0.496 e. The average Bonchev–Trinajstić information content (AvgIpc) is 3.11. The van der Waals surface area contributed by atoms with Crippen molar-refractivity contribution >= 4 is 5.96 Å². The van der Waals surface area contributed by atoms with E-state index in [1.807, 2.05) is 31.2 Å².